The van der Waals surface area contributed by atoms with Crippen molar-refractivity contribution in [3.63, 3.8) is 0 Å². The van der Waals surface area contributed by atoms with Gasteiger partial charge in [-0.25, -0.2) is 0 Å². The number of nitrogens with one attached hydrogen (secondary N) is 1. The van der Waals surface area contributed by atoms with Crippen molar-refractivity contribution in [3.8, 4) is 0 Å². The van der Waals surface area contributed by atoms with Crippen molar-refractivity contribution in [2.24, 2.45) is 11.8 Å². The molecule has 2 atom stereocenters. The van der Waals surface area contributed by atoms with Gasteiger partial charge in [0, 0.05) is 12.5 Å². The molecule has 0 bridgehead atoms. The fraction of sp³-hybridized carbons (Fsp3) is 0.500. The lowest BCUT2D eigenvalue weighted by molar-refractivity contribution is -0.142. The highest BCUT2D eigenvalue weighted by atomic mass is 16.3. The normalized spacial score (nSPS) is 22.6. The molecule has 29 heavy (non-hydrogen) atoms. The number of rotatable bonds is 5. The SMILES string of the molecule is Cc1cccc(C2CCC(C(=O)NCc3ccco3)CN2C(=O)C2CCCC2)c1. The van der Waals surface area contributed by atoms with Crippen molar-refractivity contribution in [1.29, 1.82) is 0 Å². The average Bonchev–Trinajstić information content (AvgIpc) is 3.45. The van der Waals surface area contributed by atoms with Crippen LogP contribution in [-0.2, 0) is 16.1 Å². The number of nitrogens with zero attached hydrogens (tertiary/aromatic N) is 1. The molecule has 4 rings (SSSR count). The van der Waals surface area contributed by atoms with E-state index in [1.54, 1.807) is 6.26 Å². The third-order valence-corrected chi connectivity index (χ3v) is 6.38. The monoisotopic (exact) mass is 394 g/mol. The first kappa shape index (κ1) is 19.7. The number of benzene rings is 1. The minimum atomic E-state index is -0.170. The Morgan fingerprint density at radius 3 is 2.62 bits per heavy atom. The molecule has 1 aliphatic carbocycles. The summed E-state index contributed by atoms with van der Waals surface area (Å²) < 4.78 is 5.30. The van der Waals surface area contributed by atoms with E-state index < -0.39 is 0 Å². The van der Waals surface area contributed by atoms with E-state index in [4.69, 9.17) is 4.42 Å². The maximum absolute atomic E-state index is 13.4. The first-order valence-corrected chi connectivity index (χ1v) is 10.8. The van der Waals surface area contributed by atoms with Crippen molar-refractivity contribution in [2.75, 3.05) is 6.54 Å². The van der Waals surface area contributed by atoms with Gasteiger partial charge in [-0.2, -0.15) is 0 Å². The highest BCUT2D eigenvalue weighted by Crippen LogP contribution is 2.37. The van der Waals surface area contributed by atoms with Crippen LogP contribution in [0.2, 0.25) is 0 Å². The van der Waals surface area contributed by atoms with E-state index in [0.717, 1.165) is 44.3 Å². The zero-order chi connectivity index (χ0) is 20.2. The highest BCUT2D eigenvalue weighted by Gasteiger charge is 2.38. The van der Waals surface area contributed by atoms with E-state index in [2.05, 4.69) is 36.5 Å². The molecule has 2 heterocycles. The molecule has 2 aliphatic rings. The summed E-state index contributed by atoms with van der Waals surface area (Å²) in [6.45, 7) is 2.97. The molecule has 154 valence electrons. The summed E-state index contributed by atoms with van der Waals surface area (Å²) in [4.78, 5) is 28.2. The van der Waals surface area contributed by atoms with Crippen molar-refractivity contribution in [1.82, 2.24) is 10.2 Å². The number of likely N-dealkylation sites (tertiary alicyclic amines) is 1. The minimum absolute atomic E-state index is 0.00770. The Hall–Kier alpha value is -2.56. The van der Waals surface area contributed by atoms with Gasteiger partial charge in [0.05, 0.1) is 24.8 Å². The number of carbonyl (C=O) groups is 2. The van der Waals surface area contributed by atoms with Gasteiger partial charge in [0.2, 0.25) is 11.8 Å². The van der Waals surface area contributed by atoms with Crippen LogP contribution in [0.5, 0.6) is 0 Å². The Morgan fingerprint density at radius 2 is 1.90 bits per heavy atom. The largest absolute Gasteiger partial charge is 0.467 e. The summed E-state index contributed by atoms with van der Waals surface area (Å²) in [5.41, 5.74) is 2.39. The van der Waals surface area contributed by atoms with Crippen molar-refractivity contribution < 1.29 is 14.0 Å². The minimum Gasteiger partial charge on any atom is -0.467 e. The molecule has 2 unspecified atom stereocenters. The quantitative estimate of drug-likeness (QED) is 0.819. The van der Waals surface area contributed by atoms with E-state index in [-0.39, 0.29) is 29.7 Å². The molecule has 2 aromatic rings. The first-order valence-electron chi connectivity index (χ1n) is 10.8. The zero-order valence-electron chi connectivity index (χ0n) is 17.1. The van der Waals surface area contributed by atoms with Gasteiger partial charge in [0.15, 0.2) is 0 Å². The second-order valence-electron chi connectivity index (χ2n) is 8.47. The number of carbonyl (C=O) groups excluding carboxylic acids is 2. The summed E-state index contributed by atoms with van der Waals surface area (Å²) in [5, 5.41) is 2.98. The van der Waals surface area contributed by atoms with Crippen molar-refractivity contribution in [2.45, 2.75) is 58.0 Å². The van der Waals surface area contributed by atoms with Crippen molar-refractivity contribution in [3.05, 3.63) is 59.5 Å². The van der Waals surface area contributed by atoms with Gasteiger partial charge in [-0.15, -0.1) is 0 Å². The lowest BCUT2D eigenvalue weighted by Gasteiger charge is -2.41. The maximum Gasteiger partial charge on any atom is 0.226 e. The van der Waals surface area contributed by atoms with Crippen LogP contribution in [0.15, 0.2) is 47.1 Å². The molecule has 1 aliphatic heterocycles. The van der Waals surface area contributed by atoms with Gasteiger partial charge >= 0.3 is 0 Å². The summed E-state index contributed by atoms with van der Waals surface area (Å²) in [7, 11) is 0. The molecule has 1 saturated carbocycles. The van der Waals surface area contributed by atoms with Crippen LogP contribution < -0.4 is 5.32 Å². The van der Waals surface area contributed by atoms with Gasteiger partial charge in [-0.05, 0) is 50.3 Å². The van der Waals surface area contributed by atoms with E-state index in [1.807, 2.05) is 17.0 Å². The number of hydrogen-bond donors (Lipinski definition) is 1. The Kier molecular flexibility index (Phi) is 6.02. The number of aryl methyl sites for hydroxylation is 1. The van der Waals surface area contributed by atoms with Crippen LogP contribution in [0.3, 0.4) is 0 Å². The lowest BCUT2D eigenvalue weighted by Crippen LogP contribution is -2.48. The van der Waals surface area contributed by atoms with Gasteiger partial charge in [-0.1, -0.05) is 42.7 Å². The molecule has 2 fully saturated rings. The predicted molar refractivity (Wildman–Crippen MR) is 111 cm³/mol. The molecule has 0 spiro atoms. The van der Waals surface area contributed by atoms with Crippen molar-refractivity contribution >= 4 is 11.8 Å². The summed E-state index contributed by atoms with van der Waals surface area (Å²) >= 11 is 0. The number of furan rings is 1. The molecular formula is C24H30N2O3. The maximum atomic E-state index is 13.4. The van der Waals surface area contributed by atoms with Gasteiger partial charge in [-0.3, -0.25) is 9.59 Å². The second-order valence-corrected chi connectivity index (χ2v) is 8.47. The Morgan fingerprint density at radius 1 is 1.07 bits per heavy atom. The molecule has 1 N–H and O–H groups in total. The van der Waals surface area contributed by atoms with E-state index in [9.17, 15) is 9.59 Å². The molecular weight excluding hydrogens is 364 g/mol. The number of piperidine rings is 1. The molecule has 5 nitrogen and oxygen atoms in total. The summed E-state index contributed by atoms with van der Waals surface area (Å²) in [6.07, 6.45) is 7.43. The Bertz CT molecular complexity index is 840. The third kappa shape index (κ3) is 4.55. The van der Waals surface area contributed by atoms with Crippen LogP contribution in [0.25, 0.3) is 0 Å². The third-order valence-electron chi connectivity index (χ3n) is 6.38. The fourth-order valence-corrected chi connectivity index (χ4v) is 4.79. The van der Waals surface area contributed by atoms with Crippen LogP contribution >= 0.6 is 0 Å². The van der Waals surface area contributed by atoms with Gasteiger partial charge < -0.3 is 14.6 Å². The van der Waals surface area contributed by atoms with Crippen LogP contribution in [-0.4, -0.2) is 23.3 Å². The Labute approximate surface area is 172 Å². The summed E-state index contributed by atoms with van der Waals surface area (Å²) in [6, 6.07) is 12.2. The van der Waals surface area contributed by atoms with Gasteiger partial charge in [0.1, 0.15) is 5.76 Å². The molecule has 1 saturated heterocycles. The van der Waals surface area contributed by atoms with Crippen LogP contribution in [0.4, 0.5) is 0 Å². The average molecular weight is 395 g/mol. The second kappa shape index (κ2) is 8.85. The fourth-order valence-electron chi connectivity index (χ4n) is 4.79. The highest BCUT2D eigenvalue weighted by molar-refractivity contribution is 5.83. The van der Waals surface area contributed by atoms with E-state index >= 15 is 0 Å². The molecule has 1 aromatic carbocycles. The lowest BCUT2D eigenvalue weighted by atomic mass is 9.86. The number of hydrogen-bond acceptors (Lipinski definition) is 3. The predicted octanol–water partition coefficient (Wildman–Crippen LogP) is 4.37. The molecule has 1 aromatic heterocycles. The standard InChI is InChI=1S/C24H30N2O3/c1-17-6-4-9-19(14-17)22-12-11-20(23(27)25-15-21-10-5-13-29-21)16-26(22)24(28)18-7-2-3-8-18/h4-6,9-10,13-14,18,20,22H,2-3,7-8,11-12,15-16H2,1H3,(H,25,27). The molecule has 0 radical (unpaired) electrons. The zero-order valence-corrected chi connectivity index (χ0v) is 17.1. The number of amides is 2. The Balaban J connectivity index is 1.49. The molecule has 2 amide bonds. The van der Waals surface area contributed by atoms with Gasteiger partial charge in [0.25, 0.3) is 0 Å². The first-order chi connectivity index (χ1) is 14.1. The van der Waals surface area contributed by atoms with E-state index in [0.29, 0.717) is 13.1 Å². The summed E-state index contributed by atoms with van der Waals surface area (Å²) in [5.74, 6) is 0.931. The molecule has 5 heteroatoms. The van der Waals surface area contributed by atoms with Crippen LogP contribution in [0, 0.1) is 18.8 Å². The topological polar surface area (TPSA) is 62.6 Å². The van der Waals surface area contributed by atoms with Crippen LogP contribution in [0.1, 0.15) is 61.5 Å². The van der Waals surface area contributed by atoms with E-state index in [1.165, 1.54) is 11.1 Å². The smallest absolute Gasteiger partial charge is 0.226 e.